The Bertz CT molecular complexity index is 948. The highest BCUT2D eigenvalue weighted by Gasteiger charge is 2.42. The number of hydrogen-bond donors (Lipinski definition) is 0. The SMILES string of the molecule is C[C@@H]1CN(C(=O)[C@@H]2Cc3ccccc3CN2S(=O)(=O)c2cccs2)C[C@@H](C)O1. The Morgan fingerprint density at radius 2 is 1.75 bits per heavy atom. The number of sulfonamides is 1. The first-order valence-corrected chi connectivity index (χ1v) is 11.7. The number of ether oxygens (including phenoxy) is 1. The van der Waals surface area contributed by atoms with Gasteiger partial charge in [0.05, 0.1) is 12.2 Å². The van der Waals surface area contributed by atoms with Crippen LogP contribution in [0.1, 0.15) is 25.0 Å². The first-order valence-electron chi connectivity index (χ1n) is 9.42. The molecular formula is C20H24N2O4S2. The molecule has 0 aliphatic carbocycles. The second-order valence-electron chi connectivity index (χ2n) is 7.47. The van der Waals surface area contributed by atoms with Crippen molar-refractivity contribution in [3.8, 4) is 0 Å². The molecule has 4 rings (SSSR count). The van der Waals surface area contributed by atoms with Crippen molar-refractivity contribution in [3.05, 3.63) is 52.9 Å². The molecule has 1 aromatic carbocycles. The summed E-state index contributed by atoms with van der Waals surface area (Å²) in [6.07, 6.45) is 0.261. The van der Waals surface area contributed by atoms with Crippen LogP contribution in [-0.2, 0) is 32.5 Å². The zero-order valence-electron chi connectivity index (χ0n) is 15.9. The summed E-state index contributed by atoms with van der Waals surface area (Å²) in [5.74, 6) is -0.142. The van der Waals surface area contributed by atoms with Crippen LogP contribution in [0.4, 0.5) is 0 Å². The van der Waals surface area contributed by atoms with E-state index in [4.69, 9.17) is 4.74 Å². The Balaban J connectivity index is 1.71. The van der Waals surface area contributed by atoms with E-state index in [1.165, 1.54) is 15.6 Å². The maximum absolute atomic E-state index is 13.4. The van der Waals surface area contributed by atoms with Crippen molar-refractivity contribution in [3.63, 3.8) is 0 Å². The van der Waals surface area contributed by atoms with E-state index in [1.54, 1.807) is 22.4 Å². The highest BCUT2D eigenvalue weighted by atomic mass is 32.2. The molecule has 8 heteroatoms. The number of carbonyl (C=O) groups is 1. The fourth-order valence-electron chi connectivity index (χ4n) is 4.06. The summed E-state index contributed by atoms with van der Waals surface area (Å²) in [6, 6.07) is 10.3. The van der Waals surface area contributed by atoms with Gasteiger partial charge in [-0.3, -0.25) is 4.79 Å². The summed E-state index contributed by atoms with van der Waals surface area (Å²) in [5, 5.41) is 1.74. The molecule has 0 radical (unpaired) electrons. The van der Waals surface area contributed by atoms with E-state index in [9.17, 15) is 13.2 Å². The summed E-state index contributed by atoms with van der Waals surface area (Å²) in [6.45, 7) is 5.04. The van der Waals surface area contributed by atoms with Crippen LogP contribution in [0.5, 0.6) is 0 Å². The van der Waals surface area contributed by atoms with Crippen LogP contribution in [0.15, 0.2) is 46.0 Å². The van der Waals surface area contributed by atoms with E-state index in [2.05, 4.69) is 0 Å². The van der Waals surface area contributed by atoms with Crippen molar-refractivity contribution in [2.45, 2.75) is 49.3 Å². The second-order valence-corrected chi connectivity index (χ2v) is 10.5. The predicted octanol–water partition coefficient (Wildman–Crippen LogP) is 2.50. The van der Waals surface area contributed by atoms with Gasteiger partial charge in [-0.05, 0) is 42.8 Å². The van der Waals surface area contributed by atoms with Gasteiger partial charge in [0.1, 0.15) is 10.3 Å². The summed E-state index contributed by atoms with van der Waals surface area (Å²) in [7, 11) is -3.75. The van der Waals surface area contributed by atoms with Gasteiger partial charge in [0.15, 0.2) is 0 Å². The number of amides is 1. The monoisotopic (exact) mass is 420 g/mol. The third-order valence-electron chi connectivity index (χ3n) is 5.28. The molecule has 0 unspecified atom stereocenters. The average Bonchev–Trinajstić information content (AvgIpc) is 3.21. The first-order chi connectivity index (χ1) is 13.4. The maximum Gasteiger partial charge on any atom is 0.253 e. The minimum atomic E-state index is -3.75. The number of fused-ring (bicyclic) bond motifs is 1. The molecule has 0 bridgehead atoms. The van der Waals surface area contributed by atoms with Crippen molar-refractivity contribution < 1.29 is 17.9 Å². The minimum absolute atomic E-state index is 0.0640. The maximum atomic E-state index is 13.4. The third kappa shape index (κ3) is 3.61. The van der Waals surface area contributed by atoms with Crippen molar-refractivity contribution >= 4 is 27.3 Å². The molecule has 1 saturated heterocycles. The highest BCUT2D eigenvalue weighted by molar-refractivity contribution is 7.91. The van der Waals surface area contributed by atoms with Crippen molar-refractivity contribution in [1.82, 2.24) is 9.21 Å². The first kappa shape index (κ1) is 19.6. The molecule has 2 aliphatic heterocycles. The van der Waals surface area contributed by atoms with Crippen LogP contribution in [-0.4, -0.2) is 54.9 Å². The topological polar surface area (TPSA) is 66.9 Å². The number of hydrogen-bond acceptors (Lipinski definition) is 5. The summed E-state index contributed by atoms with van der Waals surface area (Å²) >= 11 is 1.18. The predicted molar refractivity (Wildman–Crippen MR) is 108 cm³/mol. The lowest BCUT2D eigenvalue weighted by atomic mass is 9.95. The van der Waals surface area contributed by atoms with Crippen LogP contribution < -0.4 is 0 Å². The zero-order chi connectivity index (χ0) is 19.9. The molecule has 2 aromatic rings. The molecule has 28 heavy (non-hydrogen) atoms. The smallest absolute Gasteiger partial charge is 0.253 e. The quantitative estimate of drug-likeness (QED) is 0.765. The molecule has 1 amide bonds. The number of morpholine rings is 1. The van der Waals surface area contributed by atoms with Gasteiger partial charge < -0.3 is 9.64 Å². The number of rotatable bonds is 3. The van der Waals surface area contributed by atoms with Gasteiger partial charge in [0.2, 0.25) is 5.91 Å². The van der Waals surface area contributed by atoms with Gasteiger partial charge in [-0.15, -0.1) is 11.3 Å². The fraction of sp³-hybridized carbons (Fsp3) is 0.450. The van der Waals surface area contributed by atoms with Gasteiger partial charge in [0, 0.05) is 19.6 Å². The molecule has 3 atom stereocenters. The molecule has 0 spiro atoms. The van der Waals surface area contributed by atoms with E-state index in [1.807, 2.05) is 38.1 Å². The van der Waals surface area contributed by atoms with Crippen molar-refractivity contribution in [1.29, 1.82) is 0 Å². The lowest BCUT2D eigenvalue weighted by molar-refractivity contribution is -0.147. The molecular weight excluding hydrogens is 396 g/mol. The van der Waals surface area contributed by atoms with E-state index in [0.29, 0.717) is 19.5 Å². The lowest BCUT2D eigenvalue weighted by Gasteiger charge is -2.41. The Hall–Kier alpha value is -1.74. The Morgan fingerprint density at radius 1 is 1.07 bits per heavy atom. The van der Waals surface area contributed by atoms with Gasteiger partial charge in [-0.1, -0.05) is 30.3 Å². The molecule has 0 N–H and O–H groups in total. The Labute approximate surface area is 169 Å². The molecule has 150 valence electrons. The number of benzene rings is 1. The van der Waals surface area contributed by atoms with Gasteiger partial charge in [-0.2, -0.15) is 4.31 Å². The normalized spacial score (nSPS) is 26.1. The van der Waals surface area contributed by atoms with Gasteiger partial charge in [0.25, 0.3) is 10.0 Å². The van der Waals surface area contributed by atoms with Crippen LogP contribution in [0.3, 0.4) is 0 Å². The van der Waals surface area contributed by atoms with E-state index >= 15 is 0 Å². The second kappa shape index (κ2) is 7.59. The summed E-state index contributed by atoms with van der Waals surface area (Å²) in [4.78, 5) is 15.2. The molecule has 1 fully saturated rings. The van der Waals surface area contributed by atoms with Gasteiger partial charge in [-0.25, -0.2) is 8.42 Å². The van der Waals surface area contributed by atoms with Crippen LogP contribution >= 0.6 is 11.3 Å². The summed E-state index contributed by atoms with van der Waals surface area (Å²) < 4.78 is 34.0. The van der Waals surface area contributed by atoms with E-state index in [-0.39, 0.29) is 28.9 Å². The van der Waals surface area contributed by atoms with E-state index < -0.39 is 16.1 Å². The average molecular weight is 421 g/mol. The van der Waals surface area contributed by atoms with Crippen molar-refractivity contribution in [2.75, 3.05) is 13.1 Å². The molecule has 3 heterocycles. The molecule has 2 aliphatic rings. The standard InChI is InChI=1S/C20H24N2O4S2/c1-14-11-21(12-15(2)26-14)20(23)18-10-16-6-3-4-7-17(16)13-22(18)28(24,25)19-8-5-9-27-19/h3-9,14-15,18H,10-13H2,1-2H3/t14-,15-,18+/m1/s1. The third-order valence-corrected chi connectivity index (χ3v) is 8.51. The highest BCUT2D eigenvalue weighted by Crippen LogP contribution is 2.32. The van der Waals surface area contributed by atoms with Gasteiger partial charge >= 0.3 is 0 Å². The molecule has 6 nitrogen and oxygen atoms in total. The largest absolute Gasteiger partial charge is 0.372 e. The van der Waals surface area contributed by atoms with Crippen molar-refractivity contribution in [2.24, 2.45) is 0 Å². The molecule has 0 saturated carbocycles. The number of nitrogens with zero attached hydrogens (tertiary/aromatic N) is 2. The fourth-order valence-corrected chi connectivity index (χ4v) is 6.74. The minimum Gasteiger partial charge on any atom is -0.372 e. The van der Waals surface area contributed by atoms with E-state index in [0.717, 1.165) is 11.1 Å². The summed E-state index contributed by atoms with van der Waals surface area (Å²) in [5.41, 5.74) is 1.99. The lowest BCUT2D eigenvalue weighted by Crippen LogP contribution is -2.57. The van der Waals surface area contributed by atoms with Crippen LogP contribution in [0.2, 0.25) is 0 Å². The number of thiophene rings is 1. The zero-order valence-corrected chi connectivity index (χ0v) is 17.6. The Kier molecular flexibility index (Phi) is 5.30. The van der Waals surface area contributed by atoms with Crippen LogP contribution in [0.25, 0.3) is 0 Å². The molecule has 1 aromatic heterocycles. The number of carbonyl (C=O) groups excluding carboxylic acids is 1. The Morgan fingerprint density at radius 3 is 2.39 bits per heavy atom. The van der Waals surface area contributed by atoms with Crippen LogP contribution in [0, 0.1) is 0 Å².